The fourth-order valence-corrected chi connectivity index (χ4v) is 2.27. The van der Waals surface area contributed by atoms with Crippen molar-refractivity contribution in [1.29, 1.82) is 5.26 Å². The van der Waals surface area contributed by atoms with Gasteiger partial charge in [0.2, 0.25) is 0 Å². The highest BCUT2D eigenvalue weighted by atomic mass is 16.5. The second-order valence-corrected chi connectivity index (χ2v) is 5.59. The van der Waals surface area contributed by atoms with Crippen LogP contribution in [0.5, 0.6) is 11.5 Å². The third-order valence-electron chi connectivity index (χ3n) is 3.65. The Labute approximate surface area is 148 Å². The first-order valence-corrected chi connectivity index (χ1v) is 8.16. The second-order valence-electron chi connectivity index (χ2n) is 5.59. The van der Waals surface area contributed by atoms with E-state index in [0.29, 0.717) is 25.3 Å². The molecule has 0 saturated heterocycles. The first kappa shape index (κ1) is 18.3. The van der Waals surface area contributed by atoms with Gasteiger partial charge in [-0.2, -0.15) is 5.26 Å². The van der Waals surface area contributed by atoms with Crippen molar-refractivity contribution in [2.45, 2.75) is 19.9 Å². The largest absolute Gasteiger partial charge is 0.494 e. The van der Waals surface area contributed by atoms with Gasteiger partial charge in [0.25, 0.3) is 5.91 Å². The zero-order valence-electron chi connectivity index (χ0n) is 14.6. The Morgan fingerprint density at radius 3 is 2.12 bits per heavy atom. The van der Waals surface area contributed by atoms with Crippen LogP contribution in [0.2, 0.25) is 0 Å². The molecule has 130 valence electrons. The third-order valence-corrected chi connectivity index (χ3v) is 3.65. The van der Waals surface area contributed by atoms with Crippen LogP contribution in [0.15, 0.2) is 48.5 Å². The second kappa shape index (κ2) is 9.33. The van der Waals surface area contributed by atoms with Crippen LogP contribution in [-0.2, 0) is 17.8 Å². The number of ether oxygens (including phenoxy) is 2. The number of likely N-dealkylation sites (N-methyl/N-ethyl adjacent to an activating group) is 1. The zero-order chi connectivity index (χ0) is 18.1. The number of carbonyl (C=O) groups is 1. The molecule has 2 aromatic rings. The van der Waals surface area contributed by atoms with Gasteiger partial charge in [0.15, 0.2) is 6.61 Å². The van der Waals surface area contributed by atoms with E-state index in [4.69, 9.17) is 14.7 Å². The molecule has 0 saturated carbocycles. The van der Waals surface area contributed by atoms with Crippen LogP contribution >= 0.6 is 0 Å². The first-order valence-electron chi connectivity index (χ1n) is 8.16. The van der Waals surface area contributed by atoms with Crippen molar-refractivity contribution >= 4 is 5.91 Å². The number of benzene rings is 2. The Morgan fingerprint density at radius 2 is 1.56 bits per heavy atom. The molecule has 1 amide bonds. The normalized spacial score (nSPS) is 9.96. The minimum atomic E-state index is -0.102. The van der Waals surface area contributed by atoms with Gasteiger partial charge in [0.05, 0.1) is 19.1 Å². The molecule has 0 bridgehead atoms. The summed E-state index contributed by atoms with van der Waals surface area (Å²) in [4.78, 5) is 13.8. The van der Waals surface area contributed by atoms with E-state index in [1.807, 2.05) is 43.3 Å². The van der Waals surface area contributed by atoms with Gasteiger partial charge in [-0.1, -0.05) is 24.3 Å². The summed E-state index contributed by atoms with van der Waals surface area (Å²) in [7, 11) is 1.75. The van der Waals surface area contributed by atoms with E-state index in [1.54, 1.807) is 24.1 Å². The Morgan fingerprint density at radius 1 is 1.00 bits per heavy atom. The lowest BCUT2D eigenvalue weighted by Gasteiger charge is -2.18. The molecule has 0 fully saturated rings. The summed E-state index contributed by atoms with van der Waals surface area (Å²) >= 11 is 0. The quantitative estimate of drug-likeness (QED) is 0.741. The molecule has 0 atom stereocenters. The van der Waals surface area contributed by atoms with E-state index in [9.17, 15) is 4.79 Å². The van der Waals surface area contributed by atoms with Crippen molar-refractivity contribution in [3.8, 4) is 17.6 Å². The Balaban J connectivity index is 1.82. The SMILES string of the molecule is CCOc1ccc(CN(C)C(=O)COc2ccc(CC#N)cc2)cc1. The topological polar surface area (TPSA) is 62.6 Å². The fraction of sp³-hybridized carbons (Fsp3) is 0.300. The molecule has 0 aliphatic heterocycles. The summed E-state index contributed by atoms with van der Waals surface area (Å²) in [5.74, 6) is 1.34. The summed E-state index contributed by atoms with van der Waals surface area (Å²) in [5, 5.41) is 8.65. The van der Waals surface area contributed by atoms with E-state index in [-0.39, 0.29) is 12.5 Å². The van der Waals surface area contributed by atoms with Gasteiger partial charge in [0, 0.05) is 13.6 Å². The van der Waals surface area contributed by atoms with Crippen molar-refractivity contribution in [3.63, 3.8) is 0 Å². The Hall–Kier alpha value is -3.00. The lowest BCUT2D eigenvalue weighted by molar-refractivity contribution is -0.132. The number of hydrogen-bond acceptors (Lipinski definition) is 4. The predicted molar refractivity (Wildman–Crippen MR) is 95.3 cm³/mol. The molecule has 2 aromatic carbocycles. The number of rotatable bonds is 8. The van der Waals surface area contributed by atoms with E-state index < -0.39 is 0 Å². The van der Waals surface area contributed by atoms with Gasteiger partial charge in [-0.3, -0.25) is 4.79 Å². The molecule has 25 heavy (non-hydrogen) atoms. The molecule has 5 nitrogen and oxygen atoms in total. The summed E-state index contributed by atoms with van der Waals surface area (Å²) in [5.41, 5.74) is 1.95. The van der Waals surface area contributed by atoms with Gasteiger partial charge < -0.3 is 14.4 Å². The van der Waals surface area contributed by atoms with Gasteiger partial charge in [-0.15, -0.1) is 0 Å². The molecule has 0 aromatic heterocycles. The van der Waals surface area contributed by atoms with Crippen molar-refractivity contribution in [3.05, 3.63) is 59.7 Å². The third kappa shape index (κ3) is 5.85. The lowest BCUT2D eigenvalue weighted by Crippen LogP contribution is -2.30. The fourth-order valence-electron chi connectivity index (χ4n) is 2.27. The van der Waals surface area contributed by atoms with E-state index in [2.05, 4.69) is 6.07 Å². The smallest absolute Gasteiger partial charge is 0.260 e. The van der Waals surface area contributed by atoms with Crippen LogP contribution in [0.1, 0.15) is 18.1 Å². The van der Waals surface area contributed by atoms with E-state index in [1.165, 1.54) is 0 Å². The number of nitriles is 1. The molecule has 5 heteroatoms. The monoisotopic (exact) mass is 338 g/mol. The lowest BCUT2D eigenvalue weighted by atomic mass is 10.2. The number of amides is 1. The van der Waals surface area contributed by atoms with Crippen LogP contribution in [-0.4, -0.2) is 31.1 Å². The van der Waals surface area contributed by atoms with Gasteiger partial charge in [0.1, 0.15) is 11.5 Å². The molecule has 2 rings (SSSR count). The van der Waals surface area contributed by atoms with Crippen molar-refractivity contribution < 1.29 is 14.3 Å². The van der Waals surface area contributed by atoms with E-state index >= 15 is 0 Å². The highest BCUT2D eigenvalue weighted by Crippen LogP contribution is 2.14. The highest BCUT2D eigenvalue weighted by Gasteiger charge is 2.10. The average molecular weight is 338 g/mol. The van der Waals surface area contributed by atoms with Gasteiger partial charge in [-0.05, 0) is 42.3 Å². The molecule has 0 N–H and O–H groups in total. The number of nitrogens with zero attached hydrogens (tertiary/aromatic N) is 2. The molecule has 0 radical (unpaired) electrons. The van der Waals surface area contributed by atoms with E-state index in [0.717, 1.165) is 16.9 Å². The van der Waals surface area contributed by atoms with Crippen molar-refractivity contribution in [1.82, 2.24) is 4.90 Å². The maximum absolute atomic E-state index is 12.2. The maximum Gasteiger partial charge on any atom is 0.260 e. The maximum atomic E-state index is 12.2. The zero-order valence-corrected chi connectivity index (χ0v) is 14.6. The summed E-state index contributed by atoms with van der Waals surface area (Å²) in [6.45, 7) is 3.06. The predicted octanol–water partition coefficient (Wildman–Crippen LogP) is 3.19. The molecular weight excluding hydrogens is 316 g/mol. The summed E-state index contributed by atoms with van der Waals surface area (Å²) < 4.78 is 10.9. The molecule has 0 aliphatic rings. The Bertz CT molecular complexity index is 718. The standard InChI is InChI=1S/C20H22N2O3/c1-3-24-18-10-6-17(7-11-18)14-22(2)20(23)15-25-19-8-4-16(5-9-19)12-13-21/h4-11H,3,12,14-15H2,1-2H3. The Kier molecular flexibility index (Phi) is 6.85. The van der Waals surface area contributed by atoms with Crippen molar-refractivity contribution in [2.24, 2.45) is 0 Å². The minimum Gasteiger partial charge on any atom is -0.494 e. The van der Waals surface area contributed by atoms with Crippen LogP contribution < -0.4 is 9.47 Å². The van der Waals surface area contributed by atoms with Crippen molar-refractivity contribution in [2.75, 3.05) is 20.3 Å². The highest BCUT2D eigenvalue weighted by molar-refractivity contribution is 5.77. The number of carbonyl (C=O) groups excluding carboxylic acids is 1. The summed E-state index contributed by atoms with van der Waals surface area (Å²) in [6.07, 6.45) is 0.365. The first-order chi connectivity index (χ1) is 12.1. The van der Waals surface area contributed by atoms with Crippen LogP contribution in [0.4, 0.5) is 0 Å². The van der Waals surface area contributed by atoms with Gasteiger partial charge >= 0.3 is 0 Å². The number of hydrogen-bond donors (Lipinski definition) is 0. The molecule has 0 spiro atoms. The summed E-state index contributed by atoms with van der Waals surface area (Å²) in [6, 6.07) is 17.0. The average Bonchev–Trinajstić information content (AvgIpc) is 2.63. The minimum absolute atomic E-state index is 0.0227. The molecular formula is C20H22N2O3. The molecule has 0 heterocycles. The van der Waals surface area contributed by atoms with Crippen LogP contribution in [0.25, 0.3) is 0 Å². The van der Waals surface area contributed by atoms with Crippen LogP contribution in [0.3, 0.4) is 0 Å². The molecule has 0 aliphatic carbocycles. The van der Waals surface area contributed by atoms with Crippen LogP contribution in [0, 0.1) is 11.3 Å². The molecule has 0 unspecified atom stereocenters. The van der Waals surface area contributed by atoms with Gasteiger partial charge in [-0.25, -0.2) is 0 Å².